The van der Waals surface area contributed by atoms with Crippen LogP contribution in [0.25, 0.3) is 10.9 Å². The van der Waals surface area contributed by atoms with Gasteiger partial charge in [0, 0.05) is 16.8 Å². The van der Waals surface area contributed by atoms with Crippen LogP contribution in [0.5, 0.6) is 5.75 Å². The van der Waals surface area contributed by atoms with Gasteiger partial charge in [0.15, 0.2) is 17.2 Å². The van der Waals surface area contributed by atoms with Gasteiger partial charge in [0.1, 0.15) is 5.75 Å². The summed E-state index contributed by atoms with van der Waals surface area (Å²) in [6.45, 7) is 3.37. The number of carbonyl (C=O) groups is 1. The summed E-state index contributed by atoms with van der Waals surface area (Å²) >= 11 is 0. The molecule has 1 aliphatic rings. The van der Waals surface area contributed by atoms with Gasteiger partial charge in [-0.15, -0.1) is 0 Å². The zero-order valence-electron chi connectivity index (χ0n) is 21.7. The first-order chi connectivity index (χ1) is 19.5. The highest BCUT2D eigenvalue weighted by molar-refractivity contribution is 7.85. The average Bonchev–Trinajstić information content (AvgIpc) is 3.40. The molecule has 0 saturated heterocycles. The minimum atomic E-state index is -4.00. The number of nitrogens with one attached hydrogen (secondary N) is 4. The number of rotatable bonds is 5. The summed E-state index contributed by atoms with van der Waals surface area (Å²) in [5.74, 6) is -0.128. The van der Waals surface area contributed by atoms with Gasteiger partial charge in [0.2, 0.25) is 5.95 Å². The Balaban J connectivity index is 0.000000287. The molecule has 41 heavy (non-hydrogen) atoms. The van der Waals surface area contributed by atoms with E-state index in [0.29, 0.717) is 17.1 Å². The van der Waals surface area contributed by atoms with Crippen molar-refractivity contribution in [2.75, 3.05) is 16.0 Å². The number of nitrogens with zero attached hydrogens (tertiary/aromatic N) is 3. The van der Waals surface area contributed by atoms with Gasteiger partial charge in [-0.2, -0.15) is 18.5 Å². The number of benzene rings is 3. The lowest BCUT2D eigenvalue weighted by atomic mass is 10.1. The fraction of sp³-hybridized carbons (Fsp3) is 0.111. The summed E-state index contributed by atoms with van der Waals surface area (Å²) in [5, 5.41) is 16.6. The van der Waals surface area contributed by atoms with Gasteiger partial charge in [-0.3, -0.25) is 14.4 Å². The van der Waals surface area contributed by atoms with Crippen LogP contribution in [-0.4, -0.2) is 44.6 Å². The molecule has 2 aromatic heterocycles. The Labute approximate surface area is 233 Å². The average molecular weight is 578 g/mol. The molecule has 1 aliphatic heterocycles. The van der Waals surface area contributed by atoms with Gasteiger partial charge in [-0.05, 0) is 62.4 Å². The van der Waals surface area contributed by atoms with E-state index in [0.717, 1.165) is 22.8 Å². The van der Waals surface area contributed by atoms with E-state index >= 15 is 0 Å². The van der Waals surface area contributed by atoms with Crippen molar-refractivity contribution in [3.05, 3.63) is 84.9 Å². The van der Waals surface area contributed by atoms with Crippen molar-refractivity contribution in [2.24, 2.45) is 0 Å². The Kier molecular flexibility index (Phi) is 7.26. The zero-order chi connectivity index (χ0) is 29.2. The second kappa shape index (κ2) is 10.8. The predicted molar refractivity (Wildman–Crippen MR) is 151 cm³/mol. The summed E-state index contributed by atoms with van der Waals surface area (Å²) in [6, 6.07) is 18.1. The zero-order valence-corrected chi connectivity index (χ0v) is 22.5. The Morgan fingerprint density at radius 1 is 0.976 bits per heavy atom. The topological polar surface area (TPSA) is 171 Å². The van der Waals surface area contributed by atoms with Crippen molar-refractivity contribution in [1.82, 2.24) is 20.2 Å². The molecule has 6 rings (SSSR count). The maximum Gasteiger partial charge on any atom is 0.294 e. The minimum absolute atomic E-state index is 0.0107. The van der Waals surface area contributed by atoms with Gasteiger partial charge >= 0.3 is 0 Å². The minimum Gasteiger partial charge on any atom is -0.476 e. The van der Waals surface area contributed by atoms with Crippen molar-refractivity contribution in [1.29, 1.82) is 0 Å². The summed E-state index contributed by atoms with van der Waals surface area (Å²) in [6.07, 6.45) is 2.81. The van der Waals surface area contributed by atoms with E-state index in [4.69, 9.17) is 9.29 Å². The highest BCUT2D eigenvalue weighted by Crippen LogP contribution is 2.36. The Bertz CT molecular complexity index is 1850. The van der Waals surface area contributed by atoms with Crippen LogP contribution >= 0.6 is 0 Å². The molecule has 0 bridgehead atoms. The standard InChI is InChI=1S/C21H18FN7O2.C6H6O3S/c1-21(2)19(30)27-16-8-12(5-6-17(16)31-21)25-18-14(22)10-23-20(28-18)26-13-4-3-11-9-24-29-15(11)7-13;7-10(8,9)6-4-2-1-3-5-6/h3-10H,1-2H3,(H,24,29)(H,27,30)(H2,23,25,26,28);1-5H,(H,7,8,9). The van der Waals surface area contributed by atoms with Crippen LogP contribution in [0.2, 0.25) is 0 Å². The van der Waals surface area contributed by atoms with Gasteiger partial charge in [0.05, 0.1) is 28.5 Å². The number of halogens is 1. The van der Waals surface area contributed by atoms with Crippen molar-refractivity contribution in [3.63, 3.8) is 0 Å². The van der Waals surface area contributed by atoms with Gasteiger partial charge in [-0.25, -0.2) is 9.37 Å². The van der Waals surface area contributed by atoms with Crippen molar-refractivity contribution >= 4 is 55.8 Å². The van der Waals surface area contributed by atoms with E-state index in [1.165, 1.54) is 12.1 Å². The normalized spacial score (nSPS) is 13.7. The lowest BCUT2D eigenvalue weighted by Crippen LogP contribution is -2.45. The maximum atomic E-state index is 14.3. The van der Waals surface area contributed by atoms with Crippen LogP contribution in [0.3, 0.4) is 0 Å². The molecule has 5 N–H and O–H groups in total. The molecular weight excluding hydrogens is 553 g/mol. The third-order valence-corrected chi connectivity index (χ3v) is 6.75. The number of H-pyrrole nitrogens is 1. The molecule has 0 radical (unpaired) electrons. The van der Waals surface area contributed by atoms with E-state index in [1.54, 1.807) is 56.4 Å². The summed E-state index contributed by atoms with van der Waals surface area (Å²) in [5.41, 5.74) is 1.65. The van der Waals surface area contributed by atoms with E-state index in [-0.39, 0.29) is 22.6 Å². The lowest BCUT2D eigenvalue weighted by molar-refractivity contribution is -0.129. The molecule has 3 heterocycles. The SMILES string of the molecule is CC1(C)Oc2ccc(Nc3nc(Nc4ccc5cn[nH]c5c4)ncc3F)cc2NC1=O.O=S(=O)(O)c1ccccc1. The number of carbonyl (C=O) groups excluding carboxylic acids is 1. The first-order valence-corrected chi connectivity index (χ1v) is 13.6. The molecule has 210 valence electrons. The molecule has 0 atom stereocenters. The van der Waals surface area contributed by atoms with Crippen LogP contribution in [0.15, 0.2) is 84.0 Å². The first-order valence-electron chi connectivity index (χ1n) is 12.1. The lowest BCUT2D eigenvalue weighted by Gasteiger charge is -2.31. The largest absolute Gasteiger partial charge is 0.476 e. The second-order valence-electron chi connectivity index (χ2n) is 9.38. The Morgan fingerprint density at radius 2 is 1.71 bits per heavy atom. The molecule has 0 spiro atoms. The summed E-state index contributed by atoms with van der Waals surface area (Å²) < 4.78 is 49.3. The number of aromatic nitrogens is 4. The monoisotopic (exact) mass is 577 g/mol. The molecule has 12 nitrogen and oxygen atoms in total. The van der Waals surface area contributed by atoms with Gasteiger partial charge in [0.25, 0.3) is 16.0 Å². The fourth-order valence-corrected chi connectivity index (χ4v) is 4.28. The predicted octanol–water partition coefficient (Wildman–Crippen LogP) is 5.02. The van der Waals surface area contributed by atoms with Crippen LogP contribution in [0, 0.1) is 5.82 Å². The number of aromatic amines is 1. The highest BCUT2D eigenvalue weighted by atomic mass is 32.2. The molecule has 5 aromatic rings. The third-order valence-electron chi connectivity index (χ3n) is 5.89. The highest BCUT2D eigenvalue weighted by Gasteiger charge is 2.35. The van der Waals surface area contributed by atoms with E-state index in [9.17, 15) is 17.6 Å². The number of hydrogen-bond donors (Lipinski definition) is 5. The first kappa shape index (κ1) is 27.5. The van der Waals surface area contributed by atoms with Crippen molar-refractivity contribution in [2.45, 2.75) is 24.3 Å². The number of amides is 1. The van der Waals surface area contributed by atoms with Gasteiger partial charge < -0.3 is 20.7 Å². The number of hydrogen-bond acceptors (Lipinski definition) is 9. The molecule has 1 amide bonds. The molecule has 0 saturated carbocycles. The summed E-state index contributed by atoms with van der Waals surface area (Å²) in [7, 11) is -4.00. The van der Waals surface area contributed by atoms with Crippen LogP contribution < -0.4 is 20.7 Å². The van der Waals surface area contributed by atoms with E-state index in [2.05, 4.69) is 36.1 Å². The molecule has 0 aliphatic carbocycles. The smallest absolute Gasteiger partial charge is 0.294 e. The Morgan fingerprint density at radius 3 is 2.44 bits per heavy atom. The molecule has 0 fully saturated rings. The van der Waals surface area contributed by atoms with Crippen LogP contribution in [-0.2, 0) is 14.9 Å². The molecule has 14 heteroatoms. The molecular formula is C27H24FN7O5S. The van der Waals surface area contributed by atoms with E-state index < -0.39 is 21.5 Å². The Hall–Kier alpha value is -5.08. The van der Waals surface area contributed by atoms with Crippen molar-refractivity contribution in [3.8, 4) is 5.75 Å². The molecule has 3 aromatic carbocycles. The number of ether oxygens (including phenoxy) is 1. The van der Waals surface area contributed by atoms with Crippen molar-refractivity contribution < 1.29 is 26.9 Å². The quantitative estimate of drug-likeness (QED) is 0.179. The molecule has 0 unspecified atom stereocenters. The number of anilines is 5. The van der Waals surface area contributed by atoms with Crippen LogP contribution in [0.4, 0.5) is 33.2 Å². The third kappa shape index (κ3) is 6.40. The second-order valence-corrected chi connectivity index (χ2v) is 10.8. The van der Waals surface area contributed by atoms with Crippen LogP contribution in [0.1, 0.15) is 13.8 Å². The fourth-order valence-electron chi connectivity index (χ4n) is 3.78. The number of fused-ring (bicyclic) bond motifs is 2. The summed E-state index contributed by atoms with van der Waals surface area (Å²) in [4.78, 5) is 20.3. The van der Waals surface area contributed by atoms with E-state index in [1.807, 2.05) is 18.2 Å². The van der Waals surface area contributed by atoms with Gasteiger partial charge in [-0.1, -0.05) is 18.2 Å². The maximum absolute atomic E-state index is 14.3.